The summed E-state index contributed by atoms with van der Waals surface area (Å²) in [4.78, 5) is 38.4. The molecule has 1 saturated heterocycles. The van der Waals surface area contributed by atoms with E-state index >= 15 is 0 Å². The Labute approximate surface area is 135 Å². The quantitative estimate of drug-likeness (QED) is 0.369. The summed E-state index contributed by atoms with van der Waals surface area (Å²) < 4.78 is 10.3. The molecule has 0 spiro atoms. The third-order valence-corrected chi connectivity index (χ3v) is 3.38. The fraction of sp³-hybridized carbons (Fsp3) is 0.471. The van der Waals surface area contributed by atoms with Gasteiger partial charge in [0.15, 0.2) is 0 Å². The van der Waals surface area contributed by atoms with Gasteiger partial charge in [-0.3, -0.25) is 9.69 Å². The van der Waals surface area contributed by atoms with Gasteiger partial charge in [0.2, 0.25) is 11.3 Å². The molecule has 6 nitrogen and oxygen atoms in total. The Morgan fingerprint density at radius 2 is 1.78 bits per heavy atom. The smallest absolute Gasteiger partial charge is 0.411 e. The largest absolute Gasteiger partial charge is 0.464 e. The van der Waals surface area contributed by atoms with Crippen molar-refractivity contribution in [2.75, 3.05) is 13.2 Å². The molecular formula is C17H21NO5. The zero-order valence-corrected chi connectivity index (χ0v) is 13.8. The van der Waals surface area contributed by atoms with Gasteiger partial charge < -0.3 is 9.47 Å². The Morgan fingerprint density at radius 1 is 1.17 bits per heavy atom. The third-order valence-electron chi connectivity index (χ3n) is 3.38. The Bertz CT molecular complexity index is 620. The second kappa shape index (κ2) is 6.02. The van der Waals surface area contributed by atoms with E-state index in [0.29, 0.717) is 5.56 Å². The van der Waals surface area contributed by atoms with Gasteiger partial charge in [-0.25, -0.2) is 9.59 Å². The number of nitrogens with zero attached hydrogens (tertiary/aromatic N) is 1. The summed E-state index contributed by atoms with van der Waals surface area (Å²) in [6, 6.07) is 8.38. The highest BCUT2D eigenvalue weighted by molar-refractivity contribution is 6.21. The summed E-state index contributed by atoms with van der Waals surface area (Å²) in [5, 5.41) is 0. The van der Waals surface area contributed by atoms with Crippen LogP contribution in [0.15, 0.2) is 30.3 Å². The van der Waals surface area contributed by atoms with Crippen LogP contribution in [-0.2, 0) is 14.3 Å². The van der Waals surface area contributed by atoms with Crippen molar-refractivity contribution in [1.29, 1.82) is 0 Å². The maximum Gasteiger partial charge on any atom is 0.411 e. The minimum atomic E-state index is -1.61. The van der Waals surface area contributed by atoms with Gasteiger partial charge in [-0.15, -0.1) is 0 Å². The molecule has 1 aromatic rings. The second-order valence-corrected chi connectivity index (χ2v) is 6.34. The molecule has 1 aliphatic heterocycles. The maximum absolute atomic E-state index is 12.8. The molecule has 0 unspecified atom stereocenters. The standard InChI is InChI=1S/C17H21NO5/c1-5-22-14(20)17(13(19)12-9-7-6-8-10-12)11-18(17)15(21)23-16(2,3)4/h6-10H,5,11H2,1-4H3/t17-,18?/m1/s1. The van der Waals surface area contributed by atoms with Gasteiger partial charge in [-0.05, 0) is 27.7 Å². The number of carbonyl (C=O) groups is 3. The average molecular weight is 319 g/mol. The summed E-state index contributed by atoms with van der Waals surface area (Å²) in [5.41, 5.74) is -1.97. The number of hydrogen-bond acceptors (Lipinski definition) is 5. The molecule has 0 bridgehead atoms. The number of esters is 1. The monoisotopic (exact) mass is 319 g/mol. The maximum atomic E-state index is 12.8. The Hall–Kier alpha value is -2.37. The summed E-state index contributed by atoms with van der Waals surface area (Å²) in [7, 11) is 0. The van der Waals surface area contributed by atoms with Gasteiger partial charge in [0.25, 0.3) is 0 Å². The average Bonchev–Trinajstić information content (AvgIpc) is 3.23. The summed E-state index contributed by atoms with van der Waals surface area (Å²) in [6.45, 7) is 6.91. The Morgan fingerprint density at radius 3 is 2.30 bits per heavy atom. The van der Waals surface area contributed by atoms with Crippen molar-refractivity contribution in [2.24, 2.45) is 0 Å². The zero-order chi connectivity index (χ0) is 17.3. The molecule has 0 N–H and O–H groups in total. The van der Waals surface area contributed by atoms with Crippen LogP contribution in [0, 0.1) is 0 Å². The van der Waals surface area contributed by atoms with E-state index in [0.717, 1.165) is 4.90 Å². The predicted molar refractivity (Wildman–Crippen MR) is 83.1 cm³/mol. The topological polar surface area (TPSA) is 72.7 Å². The lowest BCUT2D eigenvalue weighted by atomic mass is 9.97. The predicted octanol–water partition coefficient (Wildman–Crippen LogP) is 2.42. The lowest BCUT2D eigenvalue weighted by molar-refractivity contribution is -0.145. The molecule has 6 heteroatoms. The first-order valence-electron chi connectivity index (χ1n) is 7.50. The van der Waals surface area contributed by atoms with Crippen LogP contribution in [0.5, 0.6) is 0 Å². The number of benzene rings is 1. The SMILES string of the molecule is CCOC(=O)[C@]1(C(=O)c2ccccc2)CN1C(=O)OC(C)(C)C. The summed E-state index contributed by atoms with van der Waals surface area (Å²) in [6.07, 6.45) is -0.699. The molecule has 0 aromatic heterocycles. The van der Waals surface area contributed by atoms with Gasteiger partial charge in [-0.2, -0.15) is 0 Å². The molecule has 1 aromatic carbocycles. The van der Waals surface area contributed by atoms with Gasteiger partial charge >= 0.3 is 12.1 Å². The van der Waals surface area contributed by atoms with E-state index in [1.54, 1.807) is 58.0 Å². The molecule has 1 amide bonds. The number of Topliss-reactive ketones (excluding diaryl/α,β-unsaturated/α-hetero) is 1. The Kier molecular flexibility index (Phi) is 4.45. The summed E-state index contributed by atoms with van der Waals surface area (Å²) >= 11 is 0. The normalized spacial score (nSPS) is 19.9. The lowest BCUT2D eigenvalue weighted by Crippen LogP contribution is -2.42. The first-order chi connectivity index (χ1) is 10.7. The van der Waals surface area contributed by atoms with E-state index in [4.69, 9.17) is 9.47 Å². The Balaban J connectivity index is 2.29. The van der Waals surface area contributed by atoms with Crippen LogP contribution in [0.1, 0.15) is 38.1 Å². The molecule has 0 saturated carbocycles. The van der Waals surface area contributed by atoms with Crippen LogP contribution in [0.4, 0.5) is 4.79 Å². The van der Waals surface area contributed by atoms with Crippen molar-refractivity contribution in [2.45, 2.75) is 38.8 Å². The van der Waals surface area contributed by atoms with E-state index in [2.05, 4.69) is 0 Å². The van der Waals surface area contributed by atoms with Crippen molar-refractivity contribution in [3.8, 4) is 0 Å². The number of ether oxygens (including phenoxy) is 2. The van der Waals surface area contributed by atoms with Crippen LogP contribution >= 0.6 is 0 Å². The van der Waals surface area contributed by atoms with Crippen LogP contribution in [0.25, 0.3) is 0 Å². The molecule has 1 heterocycles. The van der Waals surface area contributed by atoms with Crippen molar-refractivity contribution >= 4 is 17.8 Å². The van der Waals surface area contributed by atoms with Crippen LogP contribution in [0.2, 0.25) is 0 Å². The molecule has 1 atom stereocenters. The number of carbonyl (C=O) groups excluding carboxylic acids is 3. The number of amides is 1. The minimum Gasteiger partial charge on any atom is -0.464 e. The minimum absolute atomic E-state index is 0.0333. The van der Waals surface area contributed by atoms with Crippen molar-refractivity contribution in [3.63, 3.8) is 0 Å². The van der Waals surface area contributed by atoms with Crippen molar-refractivity contribution in [3.05, 3.63) is 35.9 Å². The molecule has 0 aliphatic carbocycles. The molecule has 1 aliphatic rings. The van der Waals surface area contributed by atoms with E-state index < -0.39 is 29.0 Å². The van der Waals surface area contributed by atoms with E-state index in [-0.39, 0.29) is 13.2 Å². The highest BCUT2D eigenvalue weighted by Gasteiger charge is 2.68. The molecule has 2 rings (SSSR count). The molecule has 23 heavy (non-hydrogen) atoms. The lowest BCUT2D eigenvalue weighted by Gasteiger charge is -2.21. The van der Waals surface area contributed by atoms with Gasteiger partial charge in [0, 0.05) is 5.56 Å². The second-order valence-electron chi connectivity index (χ2n) is 6.34. The van der Waals surface area contributed by atoms with Gasteiger partial charge in [-0.1, -0.05) is 30.3 Å². The fourth-order valence-corrected chi connectivity index (χ4v) is 2.27. The highest BCUT2D eigenvalue weighted by Crippen LogP contribution is 2.38. The first-order valence-corrected chi connectivity index (χ1v) is 7.50. The van der Waals surface area contributed by atoms with Crippen molar-refractivity contribution in [1.82, 2.24) is 4.90 Å². The first kappa shape index (κ1) is 17.0. The van der Waals surface area contributed by atoms with Crippen molar-refractivity contribution < 1.29 is 23.9 Å². The number of rotatable bonds is 4. The number of ketones is 1. The van der Waals surface area contributed by atoms with Gasteiger partial charge in [0.1, 0.15) is 5.60 Å². The molecular weight excluding hydrogens is 298 g/mol. The van der Waals surface area contributed by atoms with Crippen LogP contribution in [-0.4, -0.2) is 47.0 Å². The van der Waals surface area contributed by atoms with Crippen LogP contribution in [0.3, 0.4) is 0 Å². The van der Waals surface area contributed by atoms with E-state index in [1.165, 1.54) is 0 Å². The third kappa shape index (κ3) is 3.36. The zero-order valence-electron chi connectivity index (χ0n) is 13.8. The summed E-state index contributed by atoms with van der Waals surface area (Å²) in [5.74, 6) is -1.18. The van der Waals surface area contributed by atoms with Gasteiger partial charge in [0.05, 0.1) is 13.2 Å². The fourth-order valence-electron chi connectivity index (χ4n) is 2.27. The number of hydrogen-bond donors (Lipinski definition) is 0. The van der Waals surface area contributed by atoms with E-state index in [9.17, 15) is 14.4 Å². The molecule has 1 fully saturated rings. The van der Waals surface area contributed by atoms with E-state index in [1.807, 2.05) is 0 Å². The molecule has 0 radical (unpaired) electrons. The highest BCUT2D eigenvalue weighted by atomic mass is 16.6. The molecule has 124 valence electrons. The van der Waals surface area contributed by atoms with Crippen LogP contribution < -0.4 is 0 Å².